The second-order valence-corrected chi connectivity index (χ2v) is 10.5. The highest BCUT2D eigenvalue weighted by Crippen LogP contribution is 2.30. The average molecular weight is 492 g/mol. The lowest BCUT2D eigenvalue weighted by Crippen LogP contribution is -2.47. The molecular weight excluding hydrogens is 462 g/mol. The molecule has 0 spiro atoms. The second kappa shape index (κ2) is 10.4. The number of aryl methyl sites for hydroxylation is 1. The number of hydrogen-bond acceptors (Lipinski definition) is 4. The standard InChI is InChI=1S/C27H29N3O4S/c1-19-8-10-22(11-9-19)18-28-27(32)25(16-21-6-4-3-5-7-21)29-35(33,34)24-12-13-26-23(17-24)14-15-30(26)20(2)31/h3-13,17,25,29H,14-16,18H2,1-2H3,(H,28,32)/t25-/m1/s1. The number of nitrogens with zero attached hydrogens (tertiary/aromatic N) is 1. The normalized spacial score (nSPS) is 13.8. The molecule has 1 aliphatic heterocycles. The van der Waals surface area contributed by atoms with E-state index in [0.29, 0.717) is 19.5 Å². The lowest BCUT2D eigenvalue weighted by atomic mass is 10.1. The van der Waals surface area contributed by atoms with Crippen molar-refractivity contribution in [1.82, 2.24) is 10.0 Å². The Morgan fingerprint density at radius 3 is 2.37 bits per heavy atom. The van der Waals surface area contributed by atoms with E-state index >= 15 is 0 Å². The zero-order chi connectivity index (χ0) is 25.0. The molecule has 35 heavy (non-hydrogen) atoms. The summed E-state index contributed by atoms with van der Waals surface area (Å²) in [5.41, 5.74) is 4.42. The molecule has 0 fully saturated rings. The van der Waals surface area contributed by atoms with Gasteiger partial charge in [-0.25, -0.2) is 8.42 Å². The van der Waals surface area contributed by atoms with Crippen molar-refractivity contribution in [2.45, 2.75) is 44.2 Å². The van der Waals surface area contributed by atoms with Crippen LogP contribution >= 0.6 is 0 Å². The van der Waals surface area contributed by atoms with Crippen molar-refractivity contribution in [3.63, 3.8) is 0 Å². The number of anilines is 1. The molecule has 1 heterocycles. The first-order chi connectivity index (χ1) is 16.7. The van der Waals surface area contributed by atoms with Crippen molar-refractivity contribution in [2.75, 3.05) is 11.4 Å². The van der Waals surface area contributed by atoms with Gasteiger partial charge in [0.2, 0.25) is 21.8 Å². The number of hydrogen-bond donors (Lipinski definition) is 2. The van der Waals surface area contributed by atoms with Gasteiger partial charge in [-0.15, -0.1) is 0 Å². The number of carbonyl (C=O) groups is 2. The Labute approximate surface area is 206 Å². The molecular formula is C27H29N3O4S. The first-order valence-corrected chi connectivity index (χ1v) is 13.0. The summed E-state index contributed by atoms with van der Waals surface area (Å²) in [6.45, 7) is 4.31. The Hall–Kier alpha value is -3.49. The van der Waals surface area contributed by atoms with E-state index in [1.165, 1.54) is 13.0 Å². The topological polar surface area (TPSA) is 95.6 Å². The summed E-state index contributed by atoms with van der Waals surface area (Å²) in [5, 5.41) is 2.86. The van der Waals surface area contributed by atoms with Gasteiger partial charge in [0.25, 0.3) is 0 Å². The number of sulfonamides is 1. The molecule has 3 aromatic rings. The number of carbonyl (C=O) groups excluding carboxylic acids is 2. The van der Waals surface area contributed by atoms with E-state index < -0.39 is 22.0 Å². The number of benzene rings is 3. The van der Waals surface area contributed by atoms with Gasteiger partial charge in [-0.05, 0) is 54.7 Å². The Bertz CT molecular complexity index is 1320. The summed E-state index contributed by atoms with van der Waals surface area (Å²) >= 11 is 0. The van der Waals surface area contributed by atoms with Crippen molar-refractivity contribution < 1.29 is 18.0 Å². The van der Waals surface area contributed by atoms with Crippen molar-refractivity contribution in [1.29, 1.82) is 0 Å². The second-order valence-electron chi connectivity index (χ2n) is 8.78. The predicted octanol–water partition coefficient (Wildman–Crippen LogP) is 3.11. The maximum Gasteiger partial charge on any atom is 0.241 e. The van der Waals surface area contributed by atoms with Crippen LogP contribution in [-0.2, 0) is 39.0 Å². The molecule has 2 N–H and O–H groups in total. The highest BCUT2D eigenvalue weighted by atomic mass is 32.2. The van der Waals surface area contributed by atoms with E-state index in [1.54, 1.807) is 17.0 Å². The highest BCUT2D eigenvalue weighted by molar-refractivity contribution is 7.89. The monoisotopic (exact) mass is 491 g/mol. The smallest absolute Gasteiger partial charge is 0.241 e. The van der Waals surface area contributed by atoms with Crippen LogP contribution in [0.3, 0.4) is 0 Å². The van der Waals surface area contributed by atoms with E-state index in [-0.39, 0.29) is 17.2 Å². The molecule has 0 aliphatic carbocycles. The van der Waals surface area contributed by atoms with Crippen LogP contribution in [0, 0.1) is 6.92 Å². The SMILES string of the molecule is CC(=O)N1CCc2cc(S(=O)(=O)N[C@H](Cc3ccccc3)C(=O)NCc3ccc(C)cc3)ccc21. The highest BCUT2D eigenvalue weighted by Gasteiger charge is 2.28. The number of fused-ring (bicyclic) bond motifs is 1. The minimum atomic E-state index is -3.99. The Kier molecular flexibility index (Phi) is 7.33. The van der Waals surface area contributed by atoms with Crippen LogP contribution in [0.2, 0.25) is 0 Å². The fraction of sp³-hybridized carbons (Fsp3) is 0.259. The van der Waals surface area contributed by atoms with Gasteiger partial charge >= 0.3 is 0 Å². The van der Waals surface area contributed by atoms with Crippen molar-refractivity contribution in [3.05, 3.63) is 95.1 Å². The molecule has 0 saturated heterocycles. The van der Waals surface area contributed by atoms with Crippen LogP contribution in [0.25, 0.3) is 0 Å². The van der Waals surface area contributed by atoms with Crippen LogP contribution in [0.15, 0.2) is 77.7 Å². The molecule has 1 aliphatic rings. The quantitative estimate of drug-likeness (QED) is 0.506. The van der Waals surface area contributed by atoms with E-state index in [2.05, 4.69) is 10.0 Å². The van der Waals surface area contributed by atoms with Gasteiger partial charge in [-0.3, -0.25) is 9.59 Å². The zero-order valence-corrected chi connectivity index (χ0v) is 20.6. The van der Waals surface area contributed by atoms with Crippen LogP contribution in [0.1, 0.15) is 29.2 Å². The van der Waals surface area contributed by atoms with Gasteiger partial charge in [0.15, 0.2) is 0 Å². The summed E-state index contributed by atoms with van der Waals surface area (Å²) in [6.07, 6.45) is 0.797. The lowest BCUT2D eigenvalue weighted by Gasteiger charge is -2.20. The predicted molar refractivity (Wildman–Crippen MR) is 135 cm³/mol. The molecule has 7 nitrogen and oxygen atoms in total. The molecule has 0 radical (unpaired) electrons. The first-order valence-electron chi connectivity index (χ1n) is 11.5. The third kappa shape index (κ3) is 5.96. The number of amides is 2. The van der Waals surface area contributed by atoms with Gasteiger partial charge in [0.05, 0.1) is 4.90 Å². The largest absolute Gasteiger partial charge is 0.351 e. The van der Waals surface area contributed by atoms with Gasteiger partial charge < -0.3 is 10.2 Å². The summed E-state index contributed by atoms with van der Waals surface area (Å²) in [4.78, 5) is 26.6. The Morgan fingerprint density at radius 2 is 1.69 bits per heavy atom. The fourth-order valence-electron chi connectivity index (χ4n) is 4.18. The number of nitrogens with one attached hydrogen (secondary N) is 2. The van der Waals surface area contributed by atoms with Crippen LogP contribution < -0.4 is 14.9 Å². The zero-order valence-electron chi connectivity index (χ0n) is 19.8. The van der Waals surface area contributed by atoms with Gasteiger partial charge in [-0.2, -0.15) is 4.72 Å². The summed E-state index contributed by atoms with van der Waals surface area (Å²) in [6, 6.07) is 20.8. The number of rotatable bonds is 8. The van der Waals surface area contributed by atoms with Crippen LogP contribution in [-0.4, -0.2) is 32.8 Å². The molecule has 0 saturated carbocycles. The third-order valence-electron chi connectivity index (χ3n) is 6.12. The van der Waals surface area contributed by atoms with Crippen LogP contribution in [0.5, 0.6) is 0 Å². The minimum Gasteiger partial charge on any atom is -0.351 e. The maximum atomic E-state index is 13.3. The van der Waals surface area contributed by atoms with E-state index in [1.807, 2.05) is 61.5 Å². The third-order valence-corrected chi connectivity index (χ3v) is 7.59. The molecule has 8 heteroatoms. The van der Waals surface area contributed by atoms with E-state index in [9.17, 15) is 18.0 Å². The molecule has 0 aromatic heterocycles. The molecule has 182 valence electrons. The molecule has 1 atom stereocenters. The Balaban J connectivity index is 1.54. The Morgan fingerprint density at radius 1 is 0.971 bits per heavy atom. The summed E-state index contributed by atoms with van der Waals surface area (Å²) in [5.74, 6) is -0.479. The summed E-state index contributed by atoms with van der Waals surface area (Å²) < 4.78 is 29.2. The average Bonchev–Trinajstić information content (AvgIpc) is 3.27. The maximum absolute atomic E-state index is 13.3. The van der Waals surface area contributed by atoms with Crippen molar-refractivity contribution in [3.8, 4) is 0 Å². The molecule has 0 bridgehead atoms. The van der Waals surface area contributed by atoms with Crippen LogP contribution in [0.4, 0.5) is 5.69 Å². The molecule has 0 unspecified atom stereocenters. The molecule has 4 rings (SSSR count). The van der Waals surface area contributed by atoms with Gasteiger partial charge in [0.1, 0.15) is 6.04 Å². The van der Waals surface area contributed by atoms with Gasteiger partial charge in [0, 0.05) is 25.7 Å². The fourth-order valence-corrected chi connectivity index (χ4v) is 5.43. The minimum absolute atomic E-state index is 0.0750. The first kappa shape index (κ1) is 24.6. The van der Waals surface area contributed by atoms with Gasteiger partial charge in [-0.1, -0.05) is 60.2 Å². The van der Waals surface area contributed by atoms with Crippen molar-refractivity contribution >= 4 is 27.5 Å². The van der Waals surface area contributed by atoms with E-state index in [4.69, 9.17) is 0 Å². The molecule has 2 amide bonds. The molecule has 3 aromatic carbocycles. The van der Waals surface area contributed by atoms with E-state index in [0.717, 1.165) is 27.9 Å². The lowest BCUT2D eigenvalue weighted by molar-refractivity contribution is -0.123. The van der Waals surface area contributed by atoms with Crippen molar-refractivity contribution in [2.24, 2.45) is 0 Å². The summed E-state index contributed by atoms with van der Waals surface area (Å²) in [7, 11) is -3.99.